The number of furan rings is 1. The molecule has 4 aromatic rings. The van der Waals surface area contributed by atoms with Crippen LogP contribution < -0.4 is 5.32 Å². The number of hydrogen-bond acceptors (Lipinski definition) is 4. The predicted octanol–water partition coefficient (Wildman–Crippen LogP) is 5.68. The molecular formula is C22H18N2O2S. The fourth-order valence-electron chi connectivity index (χ4n) is 2.91. The molecule has 2 aromatic carbocycles. The van der Waals surface area contributed by atoms with Crippen molar-refractivity contribution >= 4 is 34.3 Å². The van der Waals surface area contributed by atoms with Crippen LogP contribution in [0.5, 0.6) is 0 Å². The molecule has 0 atom stereocenters. The number of carbonyl (C=O) groups excluding carboxylic acids is 1. The SMILES string of the molecule is Cc1c(C(=O)Nc2cccc(CSc3ccccn3)c2)oc2ccccc12. The minimum Gasteiger partial charge on any atom is -0.451 e. The second-order valence-electron chi connectivity index (χ2n) is 6.16. The molecule has 27 heavy (non-hydrogen) atoms. The lowest BCUT2D eigenvalue weighted by molar-refractivity contribution is 0.0998. The van der Waals surface area contributed by atoms with Gasteiger partial charge in [0.25, 0.3) is 5.91 Å². The summed E-state index contributed by atoms with van der Waals surface area (Å²) in [4.78, 5) is 17.0. The summed E-state index contributed by atoms with van der Waals surface area (Å²) in [6, 6.07) is 21.4. The predicted molar refractivity (Wildman–Crippen MR) is 109 cm³/mol. The lowest BCUT2D eigenvalue weighted by Crippen LogP contribution is -2.12. The second kappa shape index (κ2) is 7.68. The van der Waals surface area contributed by atoms with E-state index >= 15 is 0 Å². The van der Waals surface area contributed by atoms with Gasteiger partial charge in [-0.25, -0.2) is 4.98 Å². The fourth-order valence-corrected chi connectivity index (χ4v) is 3.71. The Morgan fingerprint density at radius 3 is 2.74 bits per heavy atom. The van der Waals surface area contributed by atoms with Gasteiger partial charge in [0.15, 0.2) is 5.76 Å². The molecule has 0 saturated carbocycles. The monoisotopic (exact) mass is 374 g/mol. The zero-order chi connectivity index (χ0) is 18.6. The van der Waals surface area contributed by atoms with Crippen molar-refractivity contribution in [3.8, 4) is 0 Å². The first kappa shape index (κ1) is 17.4. The van der Waals surface area contributed by atoms with Gasteiger partial charge in [0.05, 0.1) is 5.03 Å². The molecule has 1 amide bonds. The Labute approximate surface area is 161 Å². The van der Waals surface area contributed by atoms with Crippen LogP contribution in [0.4, 0.5) is 5.69 Å². The first-order valence-corrected chi connectivity index (χ1v) is 9.61. The van der Waals surface area contributed by atoms with Crippen molar-refractivity contribution in [2.75, 3.05) is 5.32 Å². The number of pyridine rings is 1. The van der Waals surface area contributed by atoms with Gasteiger partial charge in [0.1, 0.15) is 5.58 Å². The zero-order valence-electron chi connectivity index (χ0n) is 14.8. The third kappa shape index (κ3) is 3.88. The average Bonchev–Trinajstić information content (AvgIpc) is 3.05. The first-order valence-electron chi connectivity index (χ1n) is 8.63. The number of benzene rings is 2. The lowest BCUT2D eigenvalue weighted by atomic mass is 10.1. The Morgan fingerprint density at radius 2 is 1.93 bits per heavy atom. The molecular weight excluding hydrogens is 356 g/mol. The smallest absolute Gasteiger partial charge is 0.291 e. The van der Waals surface area contributed by atoms with Gasteiger partial charge in [0.2, 0.25) is 0 Å². The Morgan fingerprint density at radius 1 is 1.07 bits per heavy atom. The zero-order valence-corrected chi connectivity index (χ0v) is 15.6. The van der Waals surface area contributed by atoms with Crippen LogP contribution in [0.3, 0.4) is 0 Å². The molecule has 4 nitrogen and oxygen atoms in total. The number of rotatable bonds is 5. The first-order chi connectivity index (χ1) is 13.2. The van der Waals surface area contributed by atoms with Crippen LogP contribution in [0.2, 0.25) is 0 Å². The summed E-state index contributed by atoms with van der Waals surface area (Å²) in [6.07, 6.45) is 1.79. The molecule has 0 saturated heterocycles. The maximum atomic E-state index is 12.7. The van der Waals surface area contributed by atoms with Gasteiger partial charge in [-0.3, -0.25) is 4.79 Å². The summed E-state index contributed by atoms with van der Waals surface area (Å²) in [5.74, 6) is 0.896. The van der Waals surface area contributed by atoms with Crippen LogP contribution in [-0.4, -0.2) is 10.9 Å². The summed E-state index contributed by atoms with van der Waals surface area (Å²) in [5.41, 5.74) is 3.44. The van der Waals surface area contributed by atoms with Crippen molar-refractivity contribution in [2.24, 2.45) is 0 Å². The van der Waals surface area contributed by atoms with E-state index in [2.05, 4.69) is 10.3 Å². The van der Waals surface area contributed by atoms with Gasteiger partial charge in [-0.05, 0) is 42.8 Å². The van der Waals surface area contributed by atoms with Crippen LogP contribution in [-0.2, 0) is 5.75 Å². The molecule has 0 spiro atoms. The summed E-state index contributed by atoms with van der Waals surface area (Å²) < 4.78 is 5.74. The molecule has 4 rings (SSSR count). The number of aromatic nitrogens is 1. The second-order valence-corrected chi connectivity index (χ2v) is 7.16. The summed E-state index contributed by atoms with van der Waals surface area (Å²) in [7, 11) is 0. The van der Waals surface area contributed by atoms with Crippen molar-refractivity contribution in [1.29, 1.82) is 0 Å². The van der Waals surface area contributed by atoms with E-state index in [9.17, 15) is 4.79 Å². The maximum Gasteiger partial charge on any atom is 0.291 e. The number of anilines is 1. The van der Waals surface area contributed by atoms with E-state index in [1.54, 1.807) is 18.0 Å². The molecule has 5 heteroatoms. The molecule has 0 fully saturated rings. The quantitative estimate of drug-likeness (QED) is 0.457. The number of nitrogens with zero attached hydrogens (tertiary/aromatic N) is 1. The van der Waals surface area contributed by atoms with E-state index in [-0.39, 0.29) is 5.91 Å². The van der Waals surface area contributed by atoms with E-state index in [1.807, 2.05) is 73.7 Å². The Hall–Kier alpha value is -3.05. The van der Waals surface area contributed by atoms with Crippen LogP contribution in [0.1, 0.15) is 21.7 Å². The topological polar surface area (TPSA) is 55.1 Å². The number of carbonyl (C=O) groups is 1. The third-order valence-corrected chi connectivity index (χ3v) is 5.27. The number of thioether (sulfide) groups is 1. The Kier molecular flexibility index (Phi) is 4.94. The number of fused-ring (bicyclic) bond motifs is 1. The highest BCUT2D eigenvalue weighted by molar-refractivity contribution is 7.98. The number of para-hydroxylation sites is 1. The Bertz CT molecular complexity index is 1090. The van der Waals surface area contributed by atoms with Gasteiger partial charge in [-0.2, -0.15) is 0 Å². The van der Waals surface area contributed by atoms with Gasteiger partial charge in [-0.1, -0.05) is 36.4 Å². The molecule has 134 valence electrons. The van der Waals surface area contributed by atoms with Crippen molar-refractivity contribution in [3.63, 3.8) is 0 Å². The van der Waals surface area contributed by atoms with Crippen LogP contribution >= 0.6 is 11.8 Å². The van der Waals surface area contributed by atoms with Crippen molar-refractivity contribution in [2.45, 2.75) is 17.7 Å². The van der Waals surface area contributed by atoms with Gasteiger partial charge in [-0.15, -0.1) is 11.8 Å². The molecule has 2 heterocycles. The minimum atomic E-state index is -0.238. The number of nitrogens with one attached hydrogen (secondary N) is 1. The van der Waals surface area contributed by atoms with E-state index in [4.69, 9.17) is 4.42 Å². The average molecular weight is 374 g/mol. The van der Waals surface area contributed by atoms with E-state index in [1.165, 1.54) is 0 Å². The maximum absolute atomic E-state index is 12.7. The summed E-state index contributed by atoms with van der Waals surface area (Å²) >= 11 is 1.66. The van der Waals surface area contributed by atoms with Crippen molar-refractivity contribution < 1.29 is 9.21 Å². The van der Waals surface area contributed by atoms with Gasteiger partial charge < -0.3 is 9.73 Å². The molecule has 2 aromatic heterocycles. The fraction of sp³-hybridized carbons (Fsp3) is 0.0909. The normalized spacial score (nSPS) is 10.9. The number of amides is 1. The van der Waals surface area contributed by atoms with Crippen molar-refractivity contribution in [1.82, 2.24) is 4.98 Å². The molecule has 0 aliphatic heterocycles. The highest BCUT2D eigenvalue weighted by Gasteiger charge is 2.17. The number of hydrogen-bond donors (Lipinski definition) is 1. The van der Waals surface area contributed by atoms with Crippen LogP contribution in [0.15, 0.2) is 82.4 Å². The summed E-state index contributed by atoms with van der Waals surface area (Å²) in [5, 5.41) is 4.88. The highest BCUT2D eigenvalue weighted by Crippen LogP contribution is 2.26. The molecule has 1 N–H and O–H groups in total. The van der Waals surface area contributed by atoms with Crippen LogP contribution in [0, 0.1) is 6.92 Å². The molecule has 0 bridgehead atoms. The number of aryl methyl sites for hydroxylation is 1. The Balaban J connectivity index is 1.48. The van der Waals surface area contributed by atoms with E-state index in [0.717, 1.165) is 38.6 Å². The van der Waals surface area contributed by atoms with Gasteiger partial charge in [0, 0.05) is 28.6 Å². The van der Waals surface area contributed by atoms with Crippen molar-refractivity contribution in [3.05, 3.63) is 89.8 Å². The van der Waals surface area contributed by atoms with E-state index in [0.29, 0.717) is 5.76 Å². The highest BCUT2D eigenvalue weighted by atomic mass is 32.2. The molecule has 0 aliphatic carbocycles. The van der Waals surface area contributed by atoms with Crippen LogP contribution in [0.25, 0.3) is 11.0 Å². The molecule has 0 aliphatic rings. The minimum absolute atomic E-state index is 0.238. The standard InChI is InChI=1S/C22H18N2O2S/c1-15-18-9-2-3-10-19(18)26-21(15)22(25)24-17-8-6-7-16(13-17)14-27-20-11-4-5-12-23-20/h2-13H,14H2,1H3,(H,24,25). The largest absolute Gasteiger partial charge is 0.451 e. The molecule has 0 unspecified atom stereocenters. The lowest BCUT2D eigenvalue weighted by Gasteiger charge is -2.07. The van der Waals surface area contributed by atoms with E-state index < -0.39 is 0 Å². The van der Waals surface area contributed by atoms with Gasteiger partial charge >= 0.3 is 0 Å². The summed E-state index contributed by atoms with van der Waals surface area (Å²) in [6.45, 7) is 1.90. The third-order valence-electron chi connectivity index (χ3n) is 4.26. The molecule has 0 radical (unpaired) electrons.